The SMILES string of the molecule is CC(=O)N1CCCN(S(=O)(=O)c2ccc(CN)s2)CC1. The van der Waals surface area contributed by atoms with Gasteiger partial charge in [0.2, 0.25) is 5.91 Å². The largest absolute Gasteiger partial charge is 0.342 e. The predicted octanol–water partition coefficient (Wildman–Crippen LogP) is 0.450. The summed E-state index contributed by atoms with van der Waals surface area (Å²) in [6.45, 7) is 3.71. The van der Waals surface area contributed by atoms with E-state index in [0.717, 1.165) is 4.88 Å². The molecule has 1 fully saturated rings. The number of nitrogens with two attached hydrogens (primary N) is 1. The number of hydrogen-bond acceptors (Lipinski definition) is 5. The molecule has 2 N–H and O–H groups in total. The second-order valence-corrected chi connectivity index (χ2v) is 8.02. The second-order valence-electron chi connectivity index (χ2n) is 4.69. The molecule has 1 saturated heterocycles. The Morgan fingerprint density at radius 2 is 2.05 bits per heavy atom. The quantitative estimate of drug-likeness (QED) is 0.877. The zero-order valence-corrected chi connectivity index (χ0v) is 13.0. The van der Waals surface area contributed by atoms with Gasteiger partial charge >= 0.3 is 0 Å². The summed E-state index contributed by atoms with van der Waals surface area (Å²) < 4.78 is 26.9. The van der Waals surface area contributed by atoms with Gasteiger partial charge in [0.05, 0.1) is 0 Å². The van der Waals surface area contributed by atoms with E-state index in [1.807, 2.05) is 0 Å². The van der Waals surface area contributed by atoms with Crippen LogP contribution in [0.5, 0.6) is 0 Å². The van der Waals surface area contributed by atoms with Crippen molar-refractivity contribution in [2.45, 2.75) is 24.1 Å². The molecule has 1 aromatic heterocycles. The van der Waals surface area contributed by atoms with Crippen LogP contribution in [0.3, 0.4) is 0 Å². The van der Waals surface area contributed by atoms with Gasteiger partial charge in [0.25, 0.3) is 10.0 Å². The topological polar surface area (TPSA) is 83.7 Å². The van der Waals surface area contributed by atoms with Gasteiger partial charge in [-0.05, 0) is 18.6 Å². The molecular formula is C12H19N3O3S2. The van der Waals surface area contributed by atoms with Crippen LogP contribution < -0.4 is 5.73 Å². The Labute approximate surface area is 123 Å². The van der Waals surface area contributed by atoms with Gasteiger partial charge < -0.3 is 10.6 Å². The van der Waals surface area contributed by atoms with Crippen LogP contribution in [0.25, 0.3) is 0 Å². The highest BCUT2D eigenvalue weighted by Crippen LogP contribution is 2.25. The molecule has 2 heterocycles. The summed E-state index contributed by atoms with van der Waals surface area (Å²) in [6, 6.07) is 3.35. The number of carbonyl (C=O) groups excluding carboxylic acids is 1. The van der Waals surface area contributed by atoms with Crippen molar-refractivity contribution in [3.63, 3.8) is 0 Å². The summed E-state index contributed by atoms with van der Waals surface area (Å²) in [7, 11) is -3.47. The molecule has 0 atom stereocenters. The third kappa shape index (κ3) is 3.20. The van der Waals surface area contributed by atoms with E-state index in [0.29, 0.717) is 43.4 Å². The molecule has 0 aromatic carbocycles. The maximum Gasteiger partial charge on any atom is 0.252 e. The van der Waals surface area contributed by atoms with Crippen molar-refractivity contribution in [1.29, 1.82) is 0 Å². The van der Waals surface area contributed by atoms with Gasteiger partial charge in [-0.2, -0.15) is 4.31 Å². The molecule has 0 aliphatic carbocycles. The van der Waals surface area contributed by atoms with Gasteiger partial charge in [0.15, 0.2) is 0 Å². The molecule has 8 heteroatoms. The second kappa shape index (κ2) is 6.21. The first-order valence-electron chi connectivity index (χ1n) is 6.49. The van der Waals surface area contributed by atoms with E-state index in [4.69, 9.17) is 5.73 Å². The maximum absolute atomic E-state index is 12.5. The Hall–Kier alpha value is -0.960. The molecule has 1 aliphatic heterocycles. The number of sulfonamides is 1. The molecule has 0 spiro atoms. The Balaban J connectivity index is 2.15. The minimum atomic E-state index is -3.47. The first kappa shape index (κ1) is 15.4. The first-order valence-corrected chi connectivity index (χ1v) is 8.75. The zero-order chi connectivity index (χ0) is 14.8. The Morgan fingerprint density at radius 3 is 2.65 bits per heavy atom. The average Bonchev–Trinajstić information content (AvgIpc) is 2.75. The van der Waals surface area contributed by atoms with Crippen molar-refractivity contribution < 1.29 is 13.2 Å². The normalized spacial score (nSPS) is 18.0. The summed E-state index contributed by atoms with van der Waals surface area (Å²) in [6.07, 6.45) is 0.661. The number of hydrogen-bond donors (Lipinski definition) is 1. The molecular weight excluding hydrogens is 298 g/mol. The van der Waals surface area contributed by atoms with E-state index in [1.165, 1.54) is 22.6 Å². The smallest absolute Gasteiger partial charge is 0.252 e. The lowest BCUT2D eigenvalue weighted by Crippen LogP contribution is -2.36. The first-order chi connectivity index (χ1) is 9.45. The molecule has 0 radical (unpaired) electrons. The highest BCUT2D eigenvalue weighted by Gasteiger charge is 2.28. The molecule has 1 aromatic rings. The lowest BCUT2D eigenvalue weighted by Gasteiger charge is -2.20. The van der Waals surface area contributed by atoms with Crippen molar-refractivity contribution >= 4 is 27.3 Å². The standard InChI is InChI=1S/C12H19N3O3S2/c1-10(16)14-5-2-6-15(8-7-14)20(17,18)12-4-3-11(9-13)19-12/h3-4H,2,5-9,13H2,1H3. The summed E-state index contributed by atoms with van der Waals surface area (Å²) in [4.78, 5) is 13.9. The van der Waals surface area contributed by atoms with Crippen molar-refractivity contribution in [3.05, 3.63) is 17.0 Å². The zero-order valence-electron chi connectivity index (χ0n) is 11.4. The van der Waals surface area contributed by atoms with E-state index in [2.05, 4.69) is 0 Å². The van der Waals surface area contributed by atoms with Crippen molar-refractivity contribution in [2.24, 2.45) is 5.73 Å². The van der Waals surface area contributed by atoms with Crippen LogP contribution in [0, 0.1) is 0 Å². The minimum absolute atomic E-state index is 0.00853. The molecule has 6 nitrogen and oxygen atoms in total. The highest BCUT2D eigenvalue weighted by atomic mass is 32.2. The van der Waals surface area contributed by atoms with Gasteiger partial charge in [0, 0.05) is 44.5 Å². The number of rotatable bonds is 3. The third-order valence-electron chi connectivity index (χ3n) is 3.33. The van der Waals surface area contributed by atoms with E-state index in [9.17, 15) is 13.2 Å². The Morgan fingerprint density at radius 1 is 1.30 bits per heavy atom. The fraction of sp³-hybridized carbons (Fsp3) is 0.583. The highest BCUT2D eigenvalue weighted by molar-refractivity contribution is 7.91. The van der Waals surface area contributed by atoms with Gasteiger partial charge in [0.1, 0.15) is 4.21 Å². The molecule has 1 aliphatic rings. The Bertz CT molecular complexity index is 583. The Kier molecular flexibility index (Phi) is 4.79. The predicted molar refractivity (Wildman–Crippen MR) is 77.8 cm³/mol. The lowest BCUT2D eigenvalue weighted by atomic mass is 10.4. The van der Waals surface area contributed by atoms with Crippen molar-refractivity contribution in [3.8, 4) is 0 Å². The van der Waals surface area contributed by atoms with Crippen molar-refractivity contribution in [2.75, 3.05) is 26.2 Å². The summed E-state index contributed by atoms with van der Waals surface area (Å²) >= 11 is 1.21. The van der Waals surface area contributed by atoms with Crippen LogP contribution in [-0.2, 0) is 21.4 Å². The average molecular weight is 317 g/mol. The van der Waals surface area contributed by atoms with Crippen LogP contribution >= 0.6 is 11.3 Å². The monoisotopic (exact) mass is 317 g/mol. The van der Waals surface area contributed by atoms with Crippen LogP contribution in [0.4, 0.5) is 0 Å². The number of thiophene rings is 1. The summed E-state index contributed by atoms with van der Waals surface area (Å²) in [5, 5.41) is 0. The fourth-order valence-electron chi connectivity index (χ4n) is 2.18. The number of nitrogens with zero attached hydrogens (tertiary/aromatic N) is 2. The van der Waals surface area contributed by atoms with Gasteiger partial charge in [-0.3, -0.25) is 4.79 Å². The molecule has 0 bridgehead atoms. The summed E-state index contributed by atoms with van der Waals surface area (Å²) in [5.74, 6) is -0.00853. The van der Waals surface area contributed by atoms with Crippen LogP contribution in [-0.4, -0.2) is 49.7 Å². The molecule has 0 saturated carbocycles. The molecule has 20 heavy (non-hydrogen) atoms. The van der Waals surface area contributed by atoms with E-state index < -0.39 is 10.0 Å². The minimum Gasteiger partial charge on any atom is -0.342 e. The van der Waals surface area contributed by atoms with Gasteiger partial charge in [-0.25, -0.2) is 8.42 Å². The number of amides is 1. The van der Waals surface area contributed by atoms with Crippen LogP contribution in [0.2, 0.25) is 0 Å². The van der Waals surface area contributed by atoms with E-state index >= 15 is 0 Å². The molecule has 112 valence electrons. The third-order valence-corrected chi connectivity index (χ3v) is 6.81. The van der Waals surface area contributed by atoms with E-state index in [1.54, 1.807) is 17.0 Å². The van der Waals surface area contributed by atoms with Gasteiger partial charge in [-0.15, -0.1) is 11.3 Å². The molecule has 0 unspecified atom stereocenters. The molecule has 1 amide bonds. The summed E-state index contributed by atoms with van der Waals surface area (Å²) in [5.41, 5.74) is 5.52. The van der Waals surface area contributed by atoms with Gasteiger partial charge in [-0.1, -0.05) is 0 Å². The maximum atomic E-state index is 12.5. The van der Waals surface area contributed by atoms with Crippen LogP contribution in [0.15, 0.2) is 16.3 Å². The lowest BCUT2D eigenvalue weighted by molar-refractivity contribution is -0.128. The van der Waals surface area contributed by atoms with Crippen LogP contribution in [0.1, 0.15) is 18.2 Å². The van der Waals surface area contributed by atoms with E-state index in [-0.39, 0.29) is 5.91 Å². The molecule has 2 rings (SSSR count). The number of carbonyl (C=O) groups is 1. The fourth-order valence-corrected chi connectivity index (χ4v) is 5.04. The van der Waals surface area contributed by atoms with Crippen molar-refractivity contribution in [1.82, 2.24) is 9.21 Å².